The molecule has 2 rings (SSSR count). The molecule has 0 aliphatic heterocycles. The third kappa shape index (κ3) is 3.28. The molecule has 0 aromatic heterocycles. The summed E-state index contributed by atoms with van der Waals surface area (Å²) in [4.78, 5) is 23.4. The number of carbonyl (C=O) groups is 2. The van der Waals surface area contributed by atoms with Crippen LogP contribution in [0.15, 0.2) is 36.4 Å². The van der Waals surface area contributed by atoms with Crippen LogP contribution >= 0.6 is 0 Å². The molecule has 0 saturated carbocycles. The molecule has 4 heteroatoms. The maximum Gasteiger partial charge on any atom is 0.307 e. The first kappa shape index (κ1) is 14.8. The summed E-state index contributed by atoms with van der Waals surface area (Å²) in [7, 11) is 0. The van der Waals surface area contributed by atoms with Crippen molar-refractivity contribution in [2.45, 2.75) is 20.3 Å². The number of nitrogens with two attached hydrogens (primary N) is 1. The molecule has 0 aliphatic carbocycles. The van der Waals surface area contributed by atoms with Crippen LogP contribution in [0.5, 0.6) is 0 Å². The number of rotatable bonds is 4. The molecule has 0 heterocycles. The average molecular weight is 283 g/mol. The molecule has 0 fully saturated rings. The summed E-state index contributed by atoms with van der Waals surface area (Å²) in [6, 6.07) is 10.6. The monoisotopic (exact) mass is 283 g/mol. The minimum atomic E-state index is -0.971. The highest BCUT2D eigenvalue weighted by Gasteiger charge is 2.17. The Labute approximate surface area is 123 Å². The van der Waals surface area contributed by atoms with Gasteiger partial charge in [0.1, 0.15) is 0 Å². The van der Waals surface area contributed by atoms with Gasteiger partial charge in [-0.25, -0.2) is 0 Å². The molecule has 0 aliphatic rings. The van der Waals surface area contributed by atoms with E-state index < -0.39 is 5.97 Å². The zero-order valence-electron chi connectivity index (χ0n) is 12.0. The first-order valence-corrected chi connectivity index (χ1v) is 6.60. The molecule has 0 atom stereocenters. The lowest BCUT2D eigenvalue weighted by Gasteiger charge is -2.11. The number of hydrogen-bond donors (Lipinski definition) is 2. The van der Waals surface area contributed by atoms with Crippen LogP contribution in [0.25, 0.3) is 0 Å². The highest BCUT2D eigenvalue weighted by molar-refractivity contribution is 6.12. The van der Waals surface area contributed by atoms with Gasteiger partial charge < -0.3 is 10.8 Å². The number of nitrogen functional groups attached to an aromatic ring is 1. The van der Waals surface area contributed by atoms with Gasteiger partial charge in [-0.2, -0.15) is 0 Å². The molecule has 4 nitrogen and oxygen atoms in total. The topological polar surface area (TPSA) is 80.4 Å². The Kier molecular flexibility index (Phi) is 4.08. The second kappa shape index (κ2) is 5.79. The molecule has 21 heavy (non-hydrogen) atoms. The van der Waals surface area contributed by atoms with Crippen molar-refractivity contribution in [2.24, 2.45) is 0 Å². The lowest BCUT2D eigenvalue weighted by molar-refractivity contribution is -0.136. The van der Waals surface area contributed by atoms with E-state index in [1.807, 2.05) is 26.0 Å². The molecule has 0 amide bonds. The average Bonchev–Trinajstić information content (AvgIpc) is 2.42. The fraction of sp³-hybridized carbons (Fsp3) is 0.176. The number of aliphatic carboxylic acids is 1. The van der Waals surface area contributed by atoms with Crippen LogP contribution in [-0.4, -0.2) is 16.9 Å². The summed E-state index contributed by atoms with van der Waals surface area (Å²) in [5.74, 6) is -1.16. The number of carboxylic acids is 1. The molecule has 0 bridgehead atoms. The number of benzene rings is 2. The molecule has 0 spiro atoms. The first-order chi connectivity index (χ1) is 9.88. The second-order valence-electron chi connectivity index (χ2n) is 5.15. The maximum absolute atomic E-state index is 12.5. The van der Waals surface area contributed by atoms with Gasteiger partial charge in [-0.05, 0) is 31.0 Å². The van der Waals surface area contributed by atoms with Gasteiger partial charge in [0, 0.05) is 16.8 Å². The van der Waals surface area contributed by atoms with Crippen LogP contribution in [0.3, 0.4) is 0 Å². The molecule has 108 valence electrons. The zero-order chi connectivity index (χ0) is 15.6. The smallest absolute Gasteiger partial charge is 0.307 e. The van der Waals surface area contributed by atoms with Crippen LogP contribution in [-0.2, 0) is 11.2 Å². The van der Waals surface area contributed by atoms with Crippen molar-refractivity contribution in [3.8, 4) is 0 Å². The van der Waals surface area contributed by atoms with Gasteiger partial charge in [-0.1, -0.05) is 35.9 Å². The summed E-state index contributed by atoms with van der Waals surface area (Å²) < 4.78 is 0. The Balaban J connectivity index is 2.47. The van der Waals surface area contributed by atoms with E-state index in [-0.39, 0.29) is 17.9 Å². The Morgan fingerprint density at radius 2 is 1.67 bits per heavy atom. The van der Waals surface area contributed by atoms with Crippen molar-refractivity contribution in [1.82, 2.24) is 0 Å². The summed E-state index contributed by atoms with van der Waals surface area (Å²) in [5.41, 5.74) is 9.48. The highest BCUT2D eigenvalue weighted by Crippen LogP contribution is 2.24. The van der Waals surface area contributed by atoms with Crippen LogP contribution in [0.1, 0.15) is 32.6 Å². The molecule has 0 radical (unpaired) electrons. The predicted molar refractivity (Wildman–Crippen MR) is 81.5 cm³/mol. The lowest BCUT2D eigenvalue weighted by atomic mass is 9.95. The van der Waals surface area contributed by atoms with Crippen molar-refractivity contribution in [3.63, 3.8) is 0 Å². The van der Waals surface area contributed by atoms with Crippen LogP contribution in [0.2, 0.25) is 0 Å². The van der Waals surface area contributed by atoms with E-state index in [1.165, 1.54) is 0 Å². The van der Waals surface area contributed by atoms with Crippen molar-refractivity contribution in [3.05, 3.63) is 64.2 Å². The summed E-state index contributed by atoms with van der Waals surface area (Å²) in [5, 5.41) is 8.92. The van der Waals surface area contributed by atoms with E-state index in [4.69, 9.17) is 10.8 Å². The van der Waals surface area contributed by atoms with Gasteiger partial charge in [0.15, 0.2) is 5.78 Å². The maximum atomic E-state index is 12.5. The van der Waals surface area contributed by atoms with Crippen molar-refractivity contribution < 1.29 is 14.7 Å². The van der Waals surface area contributed by atoms with E-state index in [0.29, 0.717) is 16.7 Å². The van der Waals surface area contributed by atoms with E-state index in [9.17, 15) is 9.59 Å². The normalized spacial score (nSPS) is 10.4. The van der Waals surface area contributed by atoms with Gasteiger partial charge in [-0.3, -0.25) is 9.59 Å². The lowest BCUT2D eigenvalue weighted by Crippen LogP contribution is -2.11. The molecule has 3 N–H and O–H groups in total. The van der Waals surface area contributed by atoms with E-state index in [2.05, 4.69) is 0 Å². The van der Waals surface area contributed by atoms with Crippen molar-refractivity contribution in [2.75, 3.05) is 5.73 Å². The quantitative estimate of drug-likeness (QED) is 0.668. The van der Waals surface area contributed by atoms with Crippen molar-refractivity contribution >= 4 is 17.4 Å². The van der Waals surface area contributed by atoms with Gasteiger partial charge >= 0.3 is 5.97 Å². The van der Waals surface area contributed by atoms with Crippen LogP contribution in [0.4, 0.5) is 5.69 Å². The molecule has 2 aromatic carbocycles. The third-order valence-electron chi connectivity index (χ3n) is 3.31. The molecule has 0 unspecified atom stereocenters. The minimum absolute atomic E-state index is 0.192. The molecular weight excluding hydrogens is 266 g/mol. The first-order valence-electron chi connectivity index (χ1n) is 6.60. The SMILES string of the molecule is Cc1ccc(C(=O)c2cc(C)cc(CC(=O)O)c2N)cc1. The Morgan fingerprint density at radius 3 is 2.24 bits per heavy atom. The third-order valence-corrected chi connectivity index (χ3v) is 3.31. The van der Waals surface area contributed by atoms with E-state index >= 15 is 0 Å². The van der Waals surface area contributed by atoms with E-state index in [1.54, 1.807) is 24.3 Å². The Bertz CT molecular complexity index is 703. The minimum Gasteiger partial charge on any atom is -0.481 e. The summed E-state index contributed by atoms with van der Waals surface area (Å²) in [6.45, 7) is 3.76. The molecule has 0 saturated heterocycles. The highest BCUT2D eigenvalue weighted by atomic mass is 16.4. The number of anilines is 1. The zero-order valence-corrected chi connectivity index (χ0v) is 12.0. The molecular formula is C17H17NO3. The predicted octanol–water partition coefficient (Wildman–Crippen LogP) is 2.74. The van der Waals surface area contributed by atoms with Gasteiger partial charge in [0.05, 0.1) is 6.42 Å². The van der Waals surface area contributed by atoms with Crippen LogP contribution < -0.4 is 5.73 Å². The Morgan fingerprint density at radius 1 is 1.05 bits per heavy atom. The van der Waals surface area contributed by atoms with E-state index in [0.717, 1.165) is 11.1 Å². The van der Waals surface area contributed by atoms with Gasteiger partial charge in [-0.15, -0.1) is 0 Å². The number of ketones is 1. The standard InChI is InChI=1S/C17H17NO3/c1-10-3-5-12(6-4-10)17(21)14-8-11(2)7-13(16(14)18)9-15(19)20/h3-8H,9,18H2,1-2H3,(H,19,20). The van der Waals surface area contributed by atoms with Gasteiger partial charge in [0.25, 0.3) is 0 Å². The summed E-state index contributed by atoms with van der Waals surface area (Å²) >= 11 is 0. The fourth-order valence-corrected chi connectivity index (χ4v) is 2.23. The molecule has 2 aromatic rings. The van der Waals surface area contributed by atoms with Gasteiger partial charge in [0.2, 0.25) is 0 Å². The largest absolute Gasteiger partial charge is 0.481 e. The van der Waals surface area contributed by atoms with Crippen LogP contribution in [0, 0.1) is 13.8 Å². The number of hydrogen-bond acceptors (Lipinski definition) is 3. The number of aryl methyl sites for hydroxylation is 2. The number of carboxylic acid groups (broad SMARTS) is 1. The Hall–Kier alpha value is -2.62. The summed E-state index contributed by atoms with van der Waals surface area (Å²) in [6.07, 6.45) is -0.193. The number of carbonyl (C=O) groups excluding carboxylic acids is 1. The fourth-order valence-electron chi connectivity index (χ4n) is 2.23. The second-order valence-corrected chi connectivity index (χ2v) is 5.15. The van der Waals surface area contributed by atoms with Crippen molar-refractivity contribution in [1.29, 1.82) is 0 Å².